The molecule has 0 radical (unpaired) electrons. The first-order chi connectivity index (χ1) is 10.2. The Morgan fingerprint density at radius 2 is 2.00 bits per heavy atom. The number of nitrogens with zero attached hydrogens (tertiary/aromatic N) is 1. The lowest BCUT2D eigenvalue weighted by Gasteiger charge is -2.32. The summed E-state index contributed by atoms with van der Waals surface area (Å²) in [5, 5.41) is 14.8. The summed E-state index contributed by atoms with van der Waals surface area (Å²) in [6.45, 7) is 3.99. The fraction of sp³-hybridized carbons (Fsp3) is 0.867. The van der Waals surface area contributed by atoms with Gasteiger partial charge in [0.15, 0.2) is 0 Å². The number of carbonyl (C=O) groups excluding carboxylic acids is 2. The number of hydrogen-bond acceptors (Lipinski definition) is 4. The van der Waals surface area contributed by atoms with Crippen LogP contribution in [0.3, 0.4) is 0 Å². The van der Waals surface area contributed by atoms with Crippen molar-refractivity contribution < 1.29 is 14.7 Å². The number of aliphatic hydroxyl groups excluding tert-OH is 1. The molecule has 3 N–H and O–H groups in total. The number of carbonyl (C=O) groups is 2. The van der Waals surface area contributed by atoms with Crippen LogP contribution in [0.4, 0.5) is 0 Å². The molecule has 2 heterocycles. The van der Waals surface area contributed by atoms with Crippen molar-refractivity contribution in [2.24, 2.45) is 11.8 Å². The van der Waals surface area contributed by atoms with E-state index in [1.807, 2.05) is 4.90 Å². The molecule has 0 aromatic heterocycles. The highest BCUT2D eigenvalue weighted by Crippen LogP contribution is 2.20. The number of amides is 2. The minimum absolute atomic E-state index is 0.0147. The van der Waals surface area contributed by atoms with Crippen LogP contribution in [0.2, 0.25) is 0 Å². The van der Waals surface area contributed by atoms with Gasteiger partial charge in [0.25, 0.3) is 0 Å². The van der Waals surface area contributed by atoms with Gasteiger partial charge in [-0.3, -0.25) is 9.59 Å². The Bertz CT molecular complexity index is 348. The Kier molecular flexibility index (Phi) is 6.45. The smallest absolute Gasteiger partial charge is 0.223 e. The van der Waals surface area contributed by atoms with Gasteiger partial charge < -0.3 is 20.6 Å². The summed E-state index contributed by atoms with van der Waals surface area (Å²) < 4.78 is 0. The van der Waals surface area contributed by atoms with Gasteiger partial charge in [-0.2, -0.15) is 0 Å². The molecule has 2 aliphatic rings. The standard InChI is InChI=1S/C15H27N3O3/c19-9-1-5-17-15(21)13-3-7-18(8-4-13)14(20)10-12-2-6-16-11-12/h12-13,16,19H,1-11H2,(H,17,21). The third-order valence-electron chi connectivity index (χ3n) is 4.48. The molecule has 2 fully saturated rings. The summed E-state index contributed by atoms with van der Waals surface area (Å²) in [5.74, 6) is 0.802. The highest BCUT2D eigenvalue weighted by atomic mass is 16.3. The van der Waals surface area contributed by atoms with Gasteiger partial charge in [-0.1, -0.05) is 0 Å². The minimum atomic E-state index is 0.0147. The lowest BCUT2D eigenvalue weighted by Crippen LogP contribution is -2.43. The van der Waals surface area contributed by atoms with E-state index in [0.29, 0.717) is 38.4 Å². The minimum Gasteiger partial charge on any atom is -0.396 e. The third-order valence-corrected chi connectivity index (χ3v) is 4.48. The van der Waals surface area contributed by atoms with Crippen LogP contribution in [0.25, 0.3) is 0 Å². The summed E-state index contributed by atoms with van der Waals surface area (Å²) in [5.41, 5.74) is 0. The van der Waals surface area contributed by atoms with Crippen LogP contribution >= 0.6 is 0 Å². The predicted octanol–water partition coefficient (Wildman–Crippen LogP) is -0.277. The molecule has 0 bridgehead atoms. The van der Waals surface area contributed by atoms with Crippen molar-refractivity contribution in [3.05, 3.63) is 0 Å². The van der Waals surface area contributed by atoms with Crippen molar-refractivity contribution in [3.63, 3.8) is 0 Å². The first kappa shape index (κ1) is 16.2. The fourth-order valence-electron chi connectivity index (χ4n) is 3.09. The van der Waals surface area contributed by atoms with Gasteiger partial charge in [0.2, 0.25) is 11.8 Å². The molecule has 1 atom stereocenters. The summed E-state index contributed by atoms with van der Waals surface area (Å²) in [7, 11) is 0. The average Bonchev–Trinajstić information content (AvgIpc) is 3.00. The molecule has 0 saturated carbocycles. The van der Waals surface area contributed by atoms with E-state index in [1.54, 1.807) is 0 Å². The molecule has 2 saturated heterocycles. The van der Waals surface area contributed by atoms with Crippen LogP contribution in [0.5, 0.6) is 0 Å². The van der Waals surface area contributed by atoms with E-state index in [1.165, 1.54) is 0 Å². The van der Waals surface area contributed by atoms with E-state index in [-0.39, 0.29) is 24.3 Å². The molecule has 0 spiro atoms. The third kappa shape index (κ3) is 4.97. The van der Waals surface area contributed by atoms with Crippen LogP contribution in [-0.4, -0.2) is 61.2 Å². The Labute approximate surface area is 126 Å². The van der Waals surface area contributed by atoms with E-state index >= 15 is 0 Å². The Hall–Kier alpha value is -1.14. The lowest BCUT2D eigenvalue weighted by molar-refractivity contribution is -0.136. The SMILES string of the molecule is O=C(NCCCO)C1CCN(C(=O)CC2CCNC2)CC1. The van der Waals surface area contributed by atoms with Crippen molar-refractivity contribution in [2.75, 3.05) is 39.3 Å². The summed E-state index contributed by atoms with van der Waals surface area (Å²) >= 11 is 0. The van der Waals surface area contributed by atoms with E-state index in [4.69, 9.17) is 5.11 Å². The highest BCUT2D eigenvalue weighted by molar-refractivity contribution is 5.80. The average molecular weight is 297 g/mol. The molecule has 2 amide bonds. The van der Waals surface area contributed by atoms with Crippen molar-refractivity contribution >= 4 is 11.8 Å². The molecule has 120 valence electrons. The van der Waals surface area contributed by atoms with E-state index in [0.717, 1.165) is 32.4 Å². The van der Waals surface area contributed by atoms with Gasteiger partial charge in [0, 0.05) is 38.6 Å². The Morgan fingerprint density at radius 3 is 2.62 bits per heavy atom. The van der Waals surface area contributed by atoms with Crippen molar-refractivity contribution in [2.45, 2.75) is 32.1 Å². The zero-order chi connectivity index (χ0) is 15.1. The van der Waals surface area contributed by atoms with Crippen LogP contribution < -0.4 is 10.6 Å². The van der Waals surface area contributed by atoms with Gasteiger partial charge in [-0.05, 0) is 44.7 Å². The second kappa shape index (κ2) is 8.34. The van der Waals surface area contributed by atoms with Crippen LogP contribution in [0, 0.1) is 11.8 Å². The largest absolute Gasteiger partial charge is 0.396 e. The van der Waals surface area contributed by atoms with Gasteiger partial charge in [0.05, 0.1) is 0 Å². The molecular weight excluding hydrogens is 270 g/mol. The molecule has 6 heteroatoms. The molecule has 0 aliphatic carbocycles. The van der Waals surface area contributed by atoms with Gasteiger partial charge >= 0.3 is 0 Å². The quantitative estimate of drug-likeness (QED) is 0.589. The summed E-state index contributed by atoms with van der Waals surface area (Å²) in [4.78, 5) is 26.0. The molecule has 1 unspecified atom stereocenters. The van der Waals surface area contributed by atoms with E-state index < -0.39 is 0 Å². The van der Waals surface area contributed by atoms with Crippen LogP contribution in [-0.2, 0) is 9.59 Å². The van der Waals surface area contributed by atoms with Gasteiger partial charge in [-0.25, -0.2) is 0 Å². The Morgan fingerprint density at radius 1 is 1.24 bits per heavy atom. The van der Waals surface area contributed by atoms with Crippen molar-refractivity contribution in [3.8, 4) is 0 Å². The number of aliphatic hydroxyl groups is 1. The number of rotatable bonds is 6. The molecule has 6 nitrogen and oxygen atoms in total. The maximum Gasteiger partial charge on any atom is 0.223 e. The monoisotopic (exact) mass is 297 g/mol. The van der Waals surface area contributed by atoms with Gasteiger partial charge in [-0.15, -0.1) is 0 Å². The topological polar surface area (TPSA) is 81.7 Å². The zero-order valence-electron chi connectivity index (χ0n) is 12.6. The van der Waals surface area contributed by atoms with E-state index in [9.17, 15) is 9.59 Å². The first-order valence-electron chi connectivity index (χ1n) is 8.07. The second-order valence-electron chi connectivity index (χ2n) is 6.09. The summed E-state index contributed by atoms with van der Waals surface area (Å²) in [6.07, 6.45) is 3.83. The highest BCUT2D eigenvalue weighted by Gasteiger charge is 2.28. The first-order valence-corrected chi connectivity index (χ1v) is 8.07. The molecule has 2 rings (SSSR count). The number of piperidine rings is 1. The zero-order valence-corrected chi connectivity index (χ0v) is 12.6. The molecular formula is C15H27N3O3. The number of hydrogen-bond donors (Lipinski definition) is 3. The predicted molar refractivity (Wildman–Crippen MR) is 79.6 cm³/mol. The van der Waals surface area contributed by atoms with Crippen LogP contribution in [0.15, 0.2) is 0 Å². The maximum absolute atomic E-state index is 12.2. The number of likely N-dealkylation sites (tertiary alicyclic amines) is 1. The normalized spacial score (nSPS) is 23.3. The number of nitrogens with one attached hydrogen (secondary N) is 2. The second-order valence-corrected chi connectivity index (χ2v) is 6.09. The molecule has 0 aromatic carbocycles. The molecule has 21 heavy (non-hydrogen) atoms. The maximum atomic E-state index is 12.2. The molecule has 0 aromatic rings. The Balaban J connectivity index is 1.67. The van der Waals surface area contributed by atoms with Crippen molar-refractivity contribution in [1.82, 2.24) is 15.5 Å². The fourth-order valence-corrected chi connectivity index (χ4v) is 3.09. The van der Waals surface area contributed by atoms with E-state index in [2.05, 4.69) is 10.6 Å². The van der Waals surface area contributed by atoms with Crippen molar-refractivity contribution in [1.29, 1.82) is 0 Å². The summed E-state index contributed by atoms with van der Waals surface area (Å²) in [6, 6.07) is 0. The molecule has 2 aliphatic heterocycles. The van der Waals surface area contributed by atoms with Gasteiger partial charge in [0.1, 0.15) is 0 Å². The van der Waals surface area contributed by atoms with Crippen LogP contribution in [0.1, 0.15) is 32.1 Å². The lowest BCUT2D eigenvalue weighted by atomic mass is 9.95.